The molecule has 0 aromatic carbocycles. The molecule has 0 bridgehead atoms. The predicted octanol–water partition coefficient (Wildman–Crippen LogP) is 1.98. The second-order valence-corrected chi connectivity index (χ2v) is 5.30. The van der Waals surface area contributed by atoms with Gasteiger partial charge in [0.15, 0.2) is 0 Å². The number of carbonyl (C=O) groups is 2. The highest BCUT2D eigenvalue weighted by molar-refractivity contribution is 5.86. The second kappa shape index (κ2) is 6.07. The SMILES string of the molecule is CCC(CC)CNC(=O)NC(C)(C(=O)O)C1CC1. The lowest BCUT2D eigenvalue weighted by Crippen LogP contribution is -2.57. The average molecular weight is 256 g/mol. The first-order chi connectivity index (χ1) is 8.43. The fourth-order valence-electron chi connectivity index (χ4n) is 2.09. The van der Waals surface area contributed by atoms with Gasteiger partial charge in [0.05, 0.1) is 0 Å². The van der Waals surface area contributed by atoms with Crippen molar-refractivity contribution in [3.63, 3.8) is 0 Å². The van der Waals surface area contributed by atoms with Gasteiger partial charge in [-0.2, -0.15) is 0 Å². The highest BCUT2D eigenvalue weighted by Gasteiger charge is 2.48. The number of carboxylic acids is 1. The smallest absolute Gasteiger partial charge is 0.329 e. The summed E-state index contributed by atoms with van der Waals surface area (Å²) in [7, 11) is 0. The Balaban J connectivity index is 2.45. The van der Waals surface area contributed by atoms with Crippen LogP contribution in [0.15, 0.2) is 0 Å². The van der Waals surface area contributed by atoms with Crippen LogP contribution in [0.1, 0.15) is 46.5 Å². The summed E-state index contributed by atoms with van der Waals surface area (Å²) >= 11 is 0. The molecule has 0 radical (unpaired) electrons. The van der Waals surface area contributed by atoms with Crippen molar-refractivity contribution in [1.29, 1.82) is 0 Å². The van der Waals surface area contributed by atoms with Gasteiger partial charge >= 0.3 is 12.0 Å². The molecule has 0 aliphatic heterocycles. The van der Waals surface area contributed by atoms with Crippen molar-refractivity contribution in [3.8, 4) is 0 Å². The van der Waals surface area contributed by atoms with Crippen molar-refractivity contribution >= 4 is 12.0 Å². The summed E-state index contributed by atoms with van der Waals surface area (Å²) < 4.78 is 0. The molecule has 1 unspecified atom stereocenters. The lowest BCUT2D eigenvalue weighted by atomic mass is 9.96. The maximum absolute atomic E-state index is 11.7. The third-order valence-electron chi connectivity index (χ3n) is 3.92. The van der Waals surface area contributed by atoms with Crippen LogP contribution in [0, 0.1) is 11.8 Å². The zero-order valence-corrected chi connectivity index (χ0v) is 11.5. The first-order valence-corrected chi connectivity index (χ1v) is 6.73. The van der Waals surface area contributed by atoms with Gasteiger partial charge in [-0.15, -0.1) is 0 Å². The highest BCUT2D eigenvalue weighted by atomic mass is 16.4. The van der Waals surface area contributed by atoms with E-state index >= 15 is 0 Å². The maximum atomic E-state index is 11.7. The summed E-state index contributed by atoms with van der Waals surface area (Å²) in [5.74, 6) is -0.440. The Bertz CT molecular complexity index is 311. The van der Waals surface area contributed by atoms with Crippen LogP contribution in [0.5, 0.6) is 0 Å². The van der Waals surface area contributed by atoms with Gasteiger partial charge in [0.1, 0.15) is 5.54 Å². The lowest BCUT2D eigenvalue weighted by Gasteiger charge is -2.26. The molecule has 0 aromatic rings. The van der Waals surface area contributed by atoms with E-state index in [1.807, 2.05) is 0 Å². The molecule has 1 saturated carbocycles. The zero-order valence-electron chi connectivity index (χ0n) is 11.5. The molecule has 0 aromatic heterocycles. The number of hydrogen-bond donors (Lipinski definition) is 3. The van der Waals surface area contributed by atoms with Crippen molar-refractivity contribution in [2.75, 3.05) is 6.54 Å². The van der Waals surface area contributed by atoms with Crippen LogP contribution >= 0.6 is 0 Å². The summed E-state index contributed by atoms with van der Waals surface area (Å²) in [5, 5.41) is 14.6. The van der Waals surface area contributed by atoms with Gasteiger partial charge in [0.2, 0.25) is 0 Å². The van der Waals surface area contributed by atoms with Gasteiger partial charge in [0.25, 0.3) is 0 Å². The van der Waals surface area contributed by atoms with Gasteiger partial charge in [0, 0.05) is 6.54 Å². The van der Waals surface area contributed by atoms with Gasteiger partial charge in [-0.05, 0) is 31.6 Å². The summed E-state index contributed by atoms with van der Waals surface area (Å²) in [5.41, 5.74) is -1.13. The van der Waals surface area contributed by atoms with Crippen LogP contribution in [0.2, 0.25) is 0 Å². The summed E-state index contributed by atoms with van der Waals surface area (Å²) in [6.07, 6.45) is 3.76. The Labute approximate surface area is 108 Å². The largest absolute Gasteiger partial charge is 0.480 e. The minimum Gasteiger partial charge on any atom is -0.480 e. The molecule has 0 spiro atoms. The summed E-state index contributed by atoms with van der Waals surface area (Å²) in [4.78, 5) is 23.0. The molecule has 1 aliphatic rings. The van der Waals surface area contributed by atoms with Crippen molar-refractivity contribution in [2.45, 2.75) is 52.0 Å². The molecule has 0 heterocycles. The van der Waals surface area contributed by atoms with E-state index in [1.165, 1.54) is 0 Å². The van der Waals surface area contributed by atoms with E-state index in [0.29, 0.717) is 12.5 Å². The van der Waals surface area contributed by atoms with Crippen molar-refractivity contribution < 1.29 is 14.7 Å². The number of carboxylic acid groups (broad SMARTS) is 1. The lowest BCUT2D eigenvalue weighted by molar-refractivity contribution is -0.144. The number of carbonyl (C=O) groups excluding carboxylic acids is 1. The number of nitrogens with one attached hydrogen (secondary N) is 2. The third kappa shape index (κ3) is 3.62. The standard InChI is InChI=1S/C13H24N2O3/c1-4-9(5-2)8-14-12(18)15-13(3,11(16)17)10-6-7-10/h9-10H,4-8H2,1-3H3,(H,16,17)(H2,14,15,18). The predicted molar refractivity (Wildman–Crippen MR) is 69.4 cm³/mol. The van der Waals surface area contributed by atoms with E-state index in [1.54, 1.807) is 6.92 Å². The van der Waals surface area contributed by atoms with E-state index in [-0.39, 0.29) is 11.9 Å². The molecule has 104 valence electrons. The van der Waals surface area contributed by atoms with Crippen LogP contribution in [0.4, 0.5) is 4.79 Å². The Morgan fingerprint density at radius 1 is 1.33 bits per heavy atom. The van der Waals surface area contributed by atoms with Crippen LogP contribution in [0.3, 0.4) is 0 Å². The molecule has 1 rings (SSSR count). The maximum Gasteiger partial charge on any atom is 0.329 e. The number of aliphatic carboxylic acids is 1. The molecule has 18 heavy (non-hydrogen) atoms. The van der Waals surface area contributed by atoms with Crippen LogP contribution in [-0.2, 0) is 4.79 Å². The van der Waals surface area contributed by atoms with Gasteiger partial charge < -0.3 is 15.7 Å². The molecule has 3 N–H and O–H groups in total. The van der Waals surface area contributed by atoms with Crippen molar-refractivity contribution in [3.05, 3.63) is 0 Å². The van der Waals surface area contributed by atoms with E-state index in [2.05, 4.69) is 24.5 Å². The molecular formula is C13H24N2O3. The quantitative estimate of drug-likeness (QED) is 0.651. The normalized spacial score (nSPS) is 18.2. The van der Waals surface area contributed by atoms with E-state index in [0.717, 1.165) is 25.7 Å². The topological polar surface area (TPSA) is 78.4 Å². The van der Waals surface area contributed by atoms with E-state index in [4.69, 9.17) is 0 Å². The minimum absolute atomic E-state index is 0.0638. The minimum atomic E-state index is -1.13. The molecule has 5 nitrogen and oxygen atoms in total. The monoisotopic (exact) mass is 256 g/mol. The third-order valence-corrected chi connectivity index (χ3v) is 3.92. The first-order valence-electron chi connectivity index (χ1n) is 6.73. The summed E-state index contributed by atoms with van der Waals surface area (Å²) in [6, 6.07) is -0.376. The summed E-state index contributed by atoms with van der Waals surface area (Å²) in [6.45, 7) is 6.35. The number of urea groups is 1. The van der Waals surface area contributed by atoms with E-state index < -0.39 is 11.5 Å². The Morgan fingerprint density at radius 2 is 1.89 bits per heavy atom. The molecule has 2 amide bonds. The van der Waals surface area contributed by atoms with Gasteiger partial charge in [-0.25, -0.2) is 9.59 Å². The number of amides is 2. The van der Waals surface area contributed by atoms with Crippen molar-refractivity contribution in [2.24, 2.45) is 11.8 Å². The number of rotatable bonds is 7. The van der Waals surface area contributed by atoms with Crippen LogP contribution < -0.4 is 10.6 Å². The van der Waals surface area contributed by atoms with Crippen LogP contribution in [0.25, 0.3) is 0 Å². The Morgan fingerprint density at radius 3 is 2.28 bits per heavy atom. The number of hydrogen-bond acceptors (Lipinski definition) is 2. The van der Waals surface area contributed by atoms with Crippen LogP contribution in [-0.4, -0.2) is 29.2 Å². The molecule has 1 atom stereocenters. The fourth-order valence-corrected chi connectivity index (χ4v) is 2.09. The average Bonchev–Trinajstić information content (AvgIpc) is 3.14. The molecule has 1 aliphatic carbocycles. The van der Waals surface area contributed by atoms with E-state index in [9.17, 15) is 14.7 Å². The molecular weight excluding hydrogens is 232 g/mol. The van der Waals surface area contributed by atoms with Crippen molar-refractivity contribution in [1.82, 2.24) is 10.6 Å². The molecule has 1 fully saturated rings. The van der Waals surface area contributed by atoms with Gasteiger partial charge in [-0.1, -0.05) is 26.7 Å². The second-order valence-electron chi connectivity index (χ2n) is 5.30. The Hall–Kier alpha value is -1.26. The van der Waals surface area contributed by atoms with Gasteiger partial charge in [-0.3, -0.25) is 0 Å². The zero-order chi connectivity index (χ0) is 13.8. The Kier molecular flexibility index (Phi) is 4.99. The molecule has 5 heteroatoms. The fraction of sp³-hybridized carbons (Fsp3) is 0.846. The highest BCUT2D eigenvalue weighted by Crippen LogP contribution is 2.39. The first kappa shape index (κ1) is 14.8. The molecule has 0 saturated heterocycles.